The van der Waals surface area contributed by atoms with E-state index in [1.54, 1.807) is 0 Å². The minimum atomic E-state index is -0.496. The highest BCUT2D eigenvalue weighted by atomic mass is 16.2. The Bertz CT molecular complexity index is 246. The van der Waals surface area contributed by atoms with Crippen molar-refractivity contribution in [1.29, 1.82) is 5.41 Å². The van der Waals surface area contributed by atoms with E-state index < -0.39 is 11.8 Å². The molecule has 0 fully saturated rings. The second-order valence-electron chi connectivity index (χ2n) is 3.49. The van der Waals surface area contributed by atoms with E-state index in [1.807, 2.05) is 6.01 Å². The Balaban J connectivity index is 0. The smallest absolute Gasteiger partial charge is 0.217 e. The third-order valence-electron chi connectivity index (χ3n) is 1.82. The maximum absolute atomic E-state index is 9.92. The standard InChI is InChI=1S/C7H14N2.C4H8N2O2/c1-2-3-4-5-6-9-7-8;5-3(7)1-2-4(6)8/h8H,2-6H2,1H3;1-2H2,(H2,5,7)(H2,6,8). The van der Waals surface area contributed by atoms with Crippen LogP contribution in [0, 0.1) is 5.41 Å². The first-order valence-electron chi connectivity index (χ1n) is 5.69. The van der Waals surface area contributed by atoms with Gasteiger partial charge in [-0.1, -0.05) is 26.2 Å². The predicted octanol–water partition coefficient (Wildman–Crippen LogP) is 1.06. The molecule has 6 heteroatoms. The Morgan fingerprint density at radius 3 is 2.00 bits per heavy atom. The molecule has 98 valence electrons. The summed E-state index contributed by atoms with van der Waals surface area (Å²) in [5, 5.41) is 6.47. The van der Waals surface area contributed by atoms with Crippen molar-refractivity contribution in [2.24, 2.45) is 16.5 Å². The average Bonchev–Trinajstić information content (AvgIpc) is 2.27. The molecule has 0 unspecified atom stereocenters. The Kier molecular flexibility index (Phi) is 14.9. The van der Waals surface area contributed by atoms with E-state index in [-0.39, 0.29) is 12.8 Å². The fourth-order valence-electron chi connectivity index (χ4n) is 0.920. The summed E-state index contributed by atoms with van der Waals surface area (Å²) in [6.45, 7) is 2.96. The molecule has 0 aliphatic carbocycles. The molecule has 0 saturated heterocycles. The summed E-state index contributed by atoms with van der Waals surface area (Å²) >= 11 is 0. The van der Waals surface area contributed by atoms with E-state index in [0.29, 0.717) is 0 Å². The van der Waals surface area contributed by atoms with Crippen molar-refractivity contribution >= 4 is 17.8 Å². The van der Waals surface area contributed by atoms with Gasteiger partial charge in [-0.05, 0) is 6.42 Å². The lowest BCUT2D eigenvalue weighted by Gasteiger charge is -1.91. The highest BCUT2D eigenvalue weighted by molar-refractivity contribution is 5.81. The lowest BCUT2D eigenvalue weighted by Crippen LogP contribution is -2.16. The van der Waals surface area contributed by atoms with Gasteiger partial charge >= 0.3 is 0 Å². The molecule has 0 radical (unpaired) electrons. The molecule has 17 heavy (non-hydrogen) atoms. The van der Waals surface area contributed by atoms with Crippen molar-refractivity contribution in [3.8, 4) is 0 Å². The van der Waals surface area contributed by atoms with Crippen LogP contribution in [0.5, 0.6) is 0 Å². The van der Waals surface area contributed by atoms with Crippen molar-refractivity contribution < 1.29 is 9.59 Å². The highest BCUT2D eigenvalue weighted by Gasteiger charge is 1.96. The Labute approximate surface area is 102 Å². The summed E-state index contributed by atoms with van der Waals surface area (Å²) in [6.07, 6.45) is 4.99. The van der Waals surface area contributed by atoms with Gasteiger partial charge in [0.1, 0.15) is 0 Å². The molecule has 0 aromatic heterocycles. The van der Waals surface area contributed by atoms with Crippen LogP contribution in [0.15, 0.2) is 4.99 Å². The van der Waals surface area contributed by atoms with Gasteiger partial charge < -0.3 is 11.5 Å². The normalized spacial score (nSPS) is 8.53. The van der Waals surface area contributed by atoms with Crippen molar-refractivity contribution in [1.82, 2.24) is 0 Å². The van der Waals surface area contributed by atoms with Crippen LogP contribution in [0.4, 0.5) is 0 Å². The number of primary amides is 2. The van der Waals surface area contributed by atoms with Crippen LogP contribution in [-0.2, 0) is 9.59 Å². The first-order valence-corrected chi connectivity index (χ1v) is 5.69. The summed E-state index contributed by atoms with van der Waals surface area (Å²) in [7, 11) is 0. The molecule has 0 bridgehead atoms. The number of hydrogen-bond acceptors (Lipinski definition) is 4. The summed E-state index contributed by atoms with van der Waals surface area (Å²) in [5.41, 5.74) is 9.39. The van der Waals surface area contributed by atoms with Gasteiger partial charge in [0, 0.05) is 19.4 Å². The molecule has 2 amide bonds. The molecule has 0 rings (SSSR count). The highest BCUT2D eigenvalue weighted by Crippen LogP contribution is 1.97. The molecular weight excluding hydrogens is 220 g/mol. The second-order valence-corrected chi connectivity index (χ2v) is 3.49. The number of aliphatic imine (C=N–C) groups is 1. The van der Waals surface area contributed by atoms with E-state index in [9.17, 15) is 9.59 Å². The van der Waals surface area contributed by atoms with Crippen LogP contribution in [0.1, 0.15) is 45.4 Å². The van der Waals surface area contributed by atoms with Crippen LogP contribution < -0.4 is 11.5 Å². The van der Waals surface area contributed by atoms with Gasteiger partial charge in [0.05, 0.1) is 6.01 Å². The van der Waals surface area contributed by atoms with Crippen molar-refractivity contribution in [3.63, 3.8) is 0 Å². The van der Waals surface area contributed by atoms with Gasteiger partial charge in [0.15, 0.2) is 0 Å². The molecule has 0 atom stereocenters. The topological polar surface area (TPSA) is 122 Å². The maximum atomic E-state index is 9.92. The fourth-order valence-corrected chi connectivity index (χ4v) is 0.920. The molecule has 0 aromatic rings. The van der Waals surface area contributed by atoms with E-state index in [0.717, 1.165) is 13.0 Å². The van der Waals surface area contributed by atoms with Crippen LogP contribution in [0.3, 0.4) is 0 Å². The lowest BCUT2D eigenvalue weighted by atomic mass is 10.2. The molecular formula is C11H22N4O2. The van der Waals surface area contributed by atoms with Gasteiger partial charge in [0.2, 0.25) is 11.8 Å². The van der Waals surface area contributed by atoms with Gasteiger partial charge in [-0.15, -0.1) is 0 Å². The number of rotatable bonds is 8. The third kappa shape index (κ3) is 25.0. The van der Waals surface area contributed by atoms with Gasteiger partial charge in [-0.25, -0.2) is 10.4 Å². The summed E-state index contributed by atoms with van der Waals surface area (Å²) in [4.78, 5) is 23.5. The van der Waals surface area contributed by atoms with Crippen LogP contribution in [-0.4, -0.2) is 24.4 Å². The third-order valence-corrected chi connectivity index (χ3v) is 1.82. The number of nitrogens with zero attached hydrogens (tertiary/aromatic N) is 1. The van der Waals surface area contributed by atoms with Crippen LogP contribution in [0.25, 0.3) is 0 Å². The first kappa shape index (κ1) is 17.7. The van der Waals surface area contributed by atoms with Crippen molar-refractivity contribution in [2.75, 3.05) is 6.54 Å². The average molecular weight is 242 g/mol. The molecule has 0 aromatic carbocycles. The molecule has 0 spiro atoms. The summed E-state index contributed by atoms with van der Waals surface area (Å²) < 4.78 is 0. The largest absolute Gasteiger partial charge is 0.370 e. The number of nitrogens with two attached hydrogens (primary N) is 2. The van der Waals surface area contributed by atoms with Crippen LogP contribution >= 0.6 is 0 Å². The van der Waals surface area contributed by atoms with Crippen molar-refractivity contribution in [2.45, 2.75) is 45.4 Å². The minimum Gasteiger partial charge on any atom is -0.370 e. The monoisotopic (exact) mass is 242 g/mol. The van der Waals surface area contributed by atoms with E-state index >= 15 is 0 Å². The number of unbranched alkanes of at least 4 members (excludes halogenated alkanes) is 3. The summed E-state index contributed by atoms with van der Waals surface area (Å²) in [5.74, 6) is -0.993. The molecule has 0 aliphatic rings. The Hall–Kier alpha value is -1.68. The molecule has 6 nitrogen and oxygen atoms in total. The molecule has 0 heterocycles. The molecule has 5 N–H and O–H groups in total. The van der Waals surface area contributed by atoms with E-state index in [1.165, 1.54) is 19.3 Å². The van der Waals surface area contributed by atoms with Crippen LogP contribution in [0.2, 0.25) is 0 Å². The first-order chi connectivity index (χ1) is 8.04. The quantitative estimate of drug-likeness (QED) is 0.435. The van der Waals surface area contributed by atoms with E-state index in [4.69, 9.17) is 16.9 Å². The number of carbonyl (C=O) groups excluding carboxylic acids is 2. The van der Waals surface area contributed by atoms with Gasteiger partial charge in [-0.3, -0.25) is 9.59 Å². The zero-order valence-corrected chi connectivity index (χ0v) is 10.4. The van der Waals surface area contributed by atoms with Gasteiger partial charge in [0.25, 0.3) is 0 Å². The number of nitrogens with one attached hydrogen (secondary N) is 1. The minimum absolute atomic E-state index is 0.0509. The SMILES string of the molecule is CCCCCCN=C=N.NC(=O)CCC(N)=O. The number of hydrogen-bond donors (Lipinski definition) is 3. The predicted molar refractivity (Wildman–Crippen MR) is 66.8 cm³/mol. The zero-order valence-electron chi connectivity index (χ0n) is 10.4. The second kappa shape index (κ2) is 14.3. The Morgan fingerprint density at radius 1 is 1.12 bits per heavy atom. The van der Waals surface area contributed by atoms with E-state index in [2.05, 4.69) is 11.9 Å². The maximum Gasteiger partial charge on any atom is 0.217 e. The number of carbonyl (C=O) groups is 2. The lowest BCUT2D eigenvalue weighted by molar-refractivity contribution is -0.123. The molecule has 0 aliphatic heterocycles. The Morgan fingerprint density at radius 2 is 1.65 bits per heavy atom. The summed E-state index contributed by atoms with van der Waals surface area (Å²) in [6, 6.07) is 2.02. The number of amides is 2. The van der Waals surface area contributed by atoms with Crippen molar-refractivity contribution in [3.05, 3.63) is 0 Å². The zero-order chi connectivity index (χ0) is 13.5. The molecule has 0 saturated carbocycles. The van der Waals surface area contributed by atoms with Gasteiger partial charge in [-0.2, -0.15) is 0 Å². The fraction of sp³-hybridized carbons (Fsp3) is 0.727.